The van der Waals surface area contributed by atoms with E-state index in [1.165, 1.54) is 16.6 Å². The third-order valence-corrected chi connectivity index (χ3v) is 6.15. The molecular weight excluding hydrogens is 394 g/mol. The average molecular weight is 418 g/mol. The number of aromatic nitrogens is 4. The lowest BCUT2D eigenvalue weighted by Gasteiger charge is -2.19. The van der Waals surface area contributed by atoms with E-state index in [0.29, 0.717) is 17.3 Å². The predicted molar refractivity (Wildman–Crippen MR) is 118 cm³/mol. The fraction of sp³-hybridized carbons (Fsp3) is 0.217. The first kappa shape index (κ1) is 20.0. The van der Waals surface area contributed by atoms with Gasteiger partial charge in [-0.1, -0.05) is 44.2 Å². The van der Waals surface area contributed by atoms with Gasteiger partial charge in [-0.25, -0.2) is 14.6 Å². The maximum atomic E-state index is 13.1. The van der Waals surface area contributed by atoms with Crippen molar-refractivity contribution in [3.8, 4) is 5.82 Å². The number of nitrogens with one attached hydrogen (secondary N) is 1. The third kappa shape index (κ3) is 4.31. The van der Waals surface area contributed by atoms with Gasteiger partial charge in [-0.15, -0.1) is 11.3 Å². The fourth-order valence-corrected chi connectivity index (χ4v) is 4.06. The van der Waals surface area contributed by atoms with Crippen LogP contribution in [-0.4, -0.2) is 25.7 Å². The van der Waals surface area contributed by atoms with E-state index in [0.717, 1.165) is 16.9 Å². The van der Waals surface area contributed by atoms with E-state index in [-0.39, 0.29) is 11.9 Å². The maximum Gasteiger partial charge on any atom is 0.252 e. The molecule has 4 rings (SSSR count). The summed E-state index contributed by atoms with van der Waals surface area (Å²) in [5.74, 6) is 0.898. The molecule has 7 heteroatoms. The van der Waals surface area contributed by atoms with Crippen molar-refractivity contribution in [3.63, 3.8) is 0 Å². The number of amides is 1. The quantitative estimate of drug-likeness (QED) is 0.471. The van der Waals surface area contributed by atoms with Gasteiger partial charge in [0.25, 0.3) is 5.91 Å². The predicted octanol–water partition coefficient (Wildman–Crippen LogP) is 4.76. The smallest absolute Gasteiger partial charge is 0.252 e. The topological polar surface area (TPSA) is 72.7 Å². The van der Waals surface area contributed by atoms with Gasteiger partial charge in [-0.05, 0) is 47.0 Å². The Hall–Kier alpha value is -3.32. The van der Waals surface area contributed by atoms with E-state index >= 15 is 0 Å². The lowest BCUT2D eigenvalue weighted by atomic mass is 9.95. The molecule has 1 aromatic carbocycles. The van der Waals surface area contributed by atoms with Gasteiger partial charge in [0.2, 0.25) is 0 Å². The van der Waals surface area contributed by atoms with Crippen LogP contribution in [0.15, 0.2) is 72.8 Å². The molecule has 1 amide bonds. The minimum absolute atomic E-state index is 0.164. The largest absolute Gasteiger partial charge is 0.340 e. The summed E-state index contributed by atoms with van der Waals surface area (Å²) in [5.41, 5.74) is 2.89. The molecule has 6 nitrogen and oxygen atoms in total. The van der Waals surface area contributed by atoms with Gasteiger partial charge >= 0.3 is 0 Å². The van der Waals surface area contributed by atoms with Gasteiger partial charge in [0.1, 0.15) is 12.7 Å². The molecule has 0 radical (unpaired) electrons. The Morgan fingerprint density at radius 2 is 1.97 bits per heavy atom. The van der Waals surface area contributed by atoms with Crippen LogP contribution in [0, 0.1) is 0 Å². The Morgan fingerprint density at radius 1 is 1.17 bits per heavy atom. The molecule has 0 spiro atoms. The summed E-state index contributed by atoms with van der Waals surface area (Å²) in [6, 6.07) is 15.8. The van der Waals surface area contributed by atoms with Crippen LogP contribution >= 0.6 is 11.3 Å². The van der Waals surface area contributed by atoms with Gasteiger partial charge in [0.15, 0.2) is 5.82 Å². The number of hydrogen-bond acceptors (Lipinski definition) is 5. The molecule has 0 bridgehead atoms. The second-order valence-electron chi connectivity index (χ2n) is 7.14. The third-order valence-electron chi connectivity index (χ3n) is 5.22. The lowest BCUT2D eigenvalue weighted by Crippen LogP contribution is -2.29. The number of thiophene rings is 1. The first-order chi connectivity index (χ1) is 14.7. The van der Waals surface area contributed by atoms with Gasteiger partial charge in [0, 0.05) is 16.6 Å². The monoisotopic (exact) mass is 417 g/mol. The molecule has 0 saturated carbocycles. The Labute approximate surface area is 179 Å². The second-order valence-corrected chi connectivity index (χ2v) is 8.12. The molecule has 0 aliphatic heterocycles. The van der Waals surface area contributed by atoms with E-state index in [1.54, 1.807) is 36.0 Å². The van der Waals surface area contributed by atoms with Crippen molar-refractivity contribution in [3.05, 3.63) is 94.3 Å². The van der Waals surface area contributed by atoms with E-state index in [9.17, 15) is 4.79 Å². The fourth-order valence-electron chi connectivity index (χ4n) is 3.25. The van der Waals surface area contributed by atoms with Crippen LogP contribution in [0.4, 0.5) is 0 Å². The minimum atomic E-state index is -0.216. The van der Waals surface area contributed by atoms with E-state index in [4.69, 9.17) is 0 Å². The summed E-state index contributed by atoms with van der Waals surface area (Å²) >= 11 is 1.63. The SMILES string of the molecule is CCC(C)c1ccc(C(NC(=O)c2ccnc(-n3cncn3)c2)c2cccs2)cc1. The highest BCUT2D eigenvalue weighted by Crippen LogP contribution is 2.28. The number of benzene rings is 1. The summed E-state index contributed by atoms with van der Waals surface area (Å²) in [4.78, 5) is 22.4. The Kier molecular flexibility index (Phi) is 5.99. The second kappa shape index (κ2) is 9.00. The molecule has 2 atom stereocenters. The van der Waals surface area contributed by atoms with Crippen molar-refractivity contribution in [2.24, 2.45) is 0 Å². The molecule has 30 heavy (non-hydrogen) atoms. The number of pyridine rings is 1. The summed E-state index contributed by atoms with van der Waals surface area (Å²) in [6.07, 6.45) is 5.69. The molecule has 3 aromatic heterocycles. The molecule has 2 unspecified atom stereocenters. The Balaban J connectivity index is 1.60. The molecule has 0 aliphatic rings. The molecule has 4 aromatic rings. The number of carbonyl (C=O) groups is 1. The van der Waals surface area contributed by atoms with Crippen LogP contribution in [0.2, 0.25) is 0 Å². The van der Waals surface area contributed by atoms with Crippen LogP contribution in [0.3, 0.4) is 0 Å². The van der Waals surface area contributed by atoms with Gasteiger partial charge < -0.3 is 5.32 Å². The number of nitrogens with zero attached hydrogens (tertiary/aromatic N) is 4. The van der Waals surface area contributed by atoms with Gasteiger partial charge in [-0.3, -0.25) is 4.79 Å². The first-order valence-electron chi connectivity index (χ1n) is 9.91. The summed E-state index contributed by atoms with van der Waals surface area (Å²) in [7, 11) is 0. The zero-order valence-corrected chi connectivity index (χ0v) is 17.7. The van der Waals surface area contributed by atoms with Crippen LogP contribution in [-0.2, 0) is 0 Å². The van der Waals surface area contributed by atoms with Crippen LogP contribution in [0.25, 0.3) is 5.82 Å². The number of rotatable bonds is 7. The number of hydrogen-bond donors (Lipinski definition) is 1. The highest BCUT2D eigenvalue weighted by molar-refractivity contribution is 7.10. The summed E-state index contributed by atoms with van der Waals surface area (Å²) in [6.45, 7) is 4.42. The summed E-state index contributed by atoms with van der Waals surface area (Å²) < 4.78 is 1.53. The van der Waals surface area contributed by atoms with Crippen molar-refractivity contribution >= 4 is 17.2 Å². The van der Waals surface area contributed by atoms with Crippen molar-refractivity contribution in [1.29, 1.82) is 0 Å². The van der Waals surface area contributed by atoms with Gasteiger partial charge in [-0.2, -0.15) is 5.10 Å². The summed E-state index contributed by atoms with van der Waals surface area (Å²) in [5, 5.41) is 9.29. The average Bonchev–Trinajstić information content (AvgIpc) is 3.51. The van der Waals surface area contributed by atoms with Gasteiger partial charge in [0.05, 0.1) is 6.04 Å². The lowest BCUT2D eigenvalue weighted by molar-refractivity contribution is 0.0943. The van der Waals surface area contributed by atoms with E-state index < -0.39 is 0 Å². The van der Waals surface area contributed by atoms with E-state index in [1.807, 2.05) is 17.5 Å². The molecular formula is C23H23N5OS. The van der Waals surface area contributed by atoms with Crippen molar-refractivity contribution in [2.45, 2.75) is 32.2 Å². The number of carbonyl (C=O) groups excluding carboxylic acids is 1. The Bertz CT molecular complexity index is 1090. The molecule has 0 aliphatic carbocycles. The first-order valence-corrected chi connectivity index (χ1v) is 10.8. The molecule has 0 saturated heterocycles. The Morgan fingerprint density at radius 3 is 2.63 bits per heavy atom. The minimum Gasteiger partial charge on any atom is -0.340 e. The van der Waals surface area contributed by atoms with Crippen molar-refractivity contribution in [2.75, 3.05) is 0 Å². The standard InChI is InChI=1S/C23H23N5OS/c1-3-16(2)17-6-8-18(9-7-17)22(20-5-4-12-30-20)27-23(29)19-10-11-25-21(13-19)28-15-24-14-26-28/h4-16,22H,3H2,1-2H3,(H,27,29). The molecule has 152 valence electrons. The highest BCUT2D eigenvalue weighted by atomic mass is 32.1. The molecule has 1 N–H and O–H groups in total. The van der Waals surface area contributed by atoms with Crippen LogP contribution in [0.1, 0.15) is 58.6 Å². The van der Waals surface area contributed by atoms with Crippen LogP contribution < -0.4 is 5.32 Å². The zero-order valence-electron chi connectivity index (χ0n) is 16.9. The van der Waals surface area contributed by atoms with Crippen LogP contribution in [0.5, 0.6) is 0 Å². The maximum absolute atomic E-state index is 13.1. The van der Waals surface area contributed by atoms with Crippen molar-refractivity contribution < 1.29 is 4.79 Å². The van der Waals surface area contributed by atoms with E-state index in [2.05, 4.69) is 58.5 Å². The normalized spacial score (nSPS) is 13.0. The highest BCUT2D eigenvalue weighted by Gasteiger charge is 2.20. The molecule has 0 fully saturated rings. The van der Waals surface area contributed by atoms with Crippen molar-refractivity contribution in [1.82, 2.24) is 25.1 Å². The molecule has 3 heterocycles. The zero-order chi connectivity index (χ0) is 20.9.